The summed E-state index contributed by atoms with van der Waals surface area (Å²) >= 11 is 0. The second-order valence-electron chi connectivity index (χ2n) is 4.50. The second kappa shape index (κ2) is 5.93. The van der Waals surface area contributed by atoms with Crippen molar-refractivity contribution in [2.24, 2.45) is 5.92 Å². The molecule has 0 saturated carbocycles. The fourth-order valence-electron chi connectivity index (χ4n) is 2.53. The van der Waals surface area contributed by atoms with E-state index < -0.39 is 0 Å². The highest BCUT2D eigenvalue weighted by molar-refractivity contribution is 5.74. The molecule has 2 unspecified atom stereocenters. The van der Waals surface area contributed by atoms with Crippen molar-refractivity contribution in [1.29, 1.82) is 0 Å². The van der Waals surface area contributed by atoms with Gasteiger partial charge in [0.2, 0.25) is 0 Å². The maximum atomic E-state index is 11.8. The van der Waals surface area contributed by atoms with Gasteiger partial charge in [-0.15, -0.1) is 0 Å². The molecule has 5 heteroatoms. The Labute approximate surface area is 112 Å². The number of methoxy groups -OCH3 is 3. The lowest BCUT2D eigenvalue weighted by atomic mass is 9.88. The van der Waals surface area contributed by atoms with Gasteiger partial charge in [0, 0.05) is 25.1 Å². The van der Waals surface area contributed by atoms with Crippen molar-refractivity contribution in [3.05, 3.63) is 23.8 Å². The Morgan fingerprint density at radius 1 is 1.21 bits per heavy atom. The van der Waals surface area contributed by atoms with Gasteiger partial charge in [-0.3, -0.25) is 4.79 Å². The molecule has 19 heavy (non-hydrogen) atoms. The zero-order valence-corrected chi connectivity index (χ0v) is 11.4. The van der Waals surface area contributed by atoms with Crippen molar-refractivity contribution >= 4 is 5.97 Å². The lowest BCUT2D eigenvalue weighted by molar-refractivity contribution is -0.145. The number of nitrogens with one attached hydrogen (secondary N) is 1. The molecule has 0 bridgehead atoms. The van der Waals surface area contributed by atoms with Crippen LogP contribution in [0.5, 0.6) is 11.5 Å². The van der Waals surface area contributed by atoms with E-state index in [9.17, 15) is 4.79 Å². The van der Waals surface area contributed by atoms with Gasteiger partial charge in [-0.25, -0.2) is 0 Å². The summed E-state index contributed by atoms with van der Waals surface area (Å²) in [6.45, 7) is 1.37. The molecule has 2 rings (SSSR count). The molecule has 1 N–H and O–H groups in total. The van der Waals surface area contributed by atoms with Gasteiger partial charge in [-0.2, -0.15) is 0 Å². The minimum absolute atomic E-state index is 0.0632. The summed E-state index contributed by atoms with van der Waals surface area (Å²) in [5, 5.41) is 3.23. The highest BCUT2D eigenvalue weighted by atomic mass is 16.5. The highest BCUT2D eigenvalue weighted by Gasteiger charge is 2.36. The van der Waals surface area contributed by atoms with E-state index in [0.29, 0.717) is 6.54 Å². The quantitative estimate of drug-likeness (QED) is 0.828. The predicted molar refractivity (Wildman–Crippen MR) is 70.7 cm³/mol. The molecule has 1 aliphatic rings. The minimum Gasteiger partial charge on any atom is -0.497 e. The Balaban J connectivity index is 2.32. The fraction of sp³-hybridized carbons (Fsp3) is 0.500. The van der Waals surface area contributed by atoms with Crippen molar-refractivity contribution in [3.63, 3.8) is 0 Å². The number of hydrogen-bond acceptors (Lipinski definition) is 5. The number of carbonyl (C=O) groups is 1. The third-order valence-corrected chi connectivity index (χ3v) is 3.56. The molecular formula is C14H19NO4. The molecule has 1 fully saturated rings. The molecule has 0 spiro atoms. The van der Waals surface area contributed by atoms with Gasteiger partial charge in [0.1, 0.15) is 11.5 Å². The van der Waals surface area contributed by atoms with E-state index in [2.05, 4.69) is 5.32 Å². The van der Waals surface area contributed by atoms with E-state index in [0.717, 1.165) is 23.6 Å². The van der Waals surface area contributed by atoms with Gasteiger partial charge in [0.05, 0.1) is 27.2 Å². The van der Waals surface area contributed by atoms with Gasteiger partial charge in [-0.1, -0.05) is 6.07 Å². The topological polar surface area (TPSA) is 56.8 Å². The lowest BCUT2D eigenvalue weighted by Crippen LogP contribution is -2.23. The van der Waals surface area contributed by atoms with E-state index in [4.69, 9.17) is 14.2 Å². The van der Waals surface area contributed by atoms with Crippen LogP contribution < -0.4 is 14.8 Å². The van der Waals surface area contributed by atoms with E-state index >= 15 is 0 Å². The molecule has 0 radical (unpaired) electrons. The molecule has 1 aromatic rings. The van der Waals surface area contributed by atoms with Crippen LogP contribution in [0.1, 0.15) is 11.5 Å². The summed E-state index contributed by atoms with van der Waals surface area (Å²) in [6.07, 6.45) is 0. The molecule has 0 aromatic heterocycles. The number of esters is 1. The normalized spacial score (nSPS) is 22.1. The first-order chi connectivity index (χ1) is 9.21. The Hall–Kier alpha value is -1.75. The van der Waals surface area contributed by atoms with Gasteiger partial charge in [0.25, 0.3) is 0 Å². The van der Waals surface area contributed by atoms with Crippen LogP contribution in [-0.2, 0) is 9.53 Å². The number of rotatable bonds is 4. The van der Waals surface area contributed by atoms with Crippen molar-refractivity contribution in [3.8, 4) is 11.5 Å². The molecule has 0 amide bonds. The van der Waals surface area contributed by atoms with Crippen LogP contribution in [0.25, 0.3) is 0 Å². The van der Waals surface area contributed by atoms with Crippen molar-refractivity contribution in [1.82, 2.24) is 5.32 Å². The van der Waals surface area contributed by atoms with E-state index in [1.807, 2.05) is 18.2 Å². The van der Waals surface area contributed by atoms with Crippen LogP contribution in [-0.4, -0.2) is 40.4 Å². The Morgan fingerprint density at radius 3 is 2.63 bits per heavy atom. The zero-order chi connectivity index (χ0) is 13.8. The van der Waals surface area contributed by atoms with Gasteiger partial charge < -0.3 is 19.5 Å². The number of ether oxygens (including phenoxy) is 3. The Morgan fingerprint density at radius 2 is 2.00 bits per heavy atom. The standard InChI is InChI=1S/C14H19NO4/c1-17-9-4-5-10(13(6-9)18-2)11-7-15-8-12(11)14(16)19-3/h4-6,11-12,15H,7-8H2,1-3H3. The summed E-state index contributed by atoms with van der Waals surface area (Å²) in [5.41, 5.74) is 1.00. The monoisotopic (exact) mass is 265 g/mol. The third kappa shape index (κ3) is 2.66. The SMILES string of the molecule is COC(=O)C1CNCC1c1ccc(OC)cc1OC. The molecule has 2 atom stereocenters. The molecule has 104 valence electrons. The van der Waals surface area contributed by atoms with Gasteiger partial charge >= 0.3 is 5.97 Å². The average Bonchev–Trinajstić information content (AvgIpc) is 2.94. The lowest BCUT2D eigenvalue weighted by Gasteiger charge is -2.19. The van der Waals surface area contributed by atoms with Crippen LogP contribution >= 0.6 is 0 Å². The molecular weight excluding hydrogens is 246 g/mol. The zero-order valence-electron chi connectivity index (χ0n) is 11.4. The van der Waals surface area contributed by atoms with Crippen molar-refractivity contribution in [2.75, 3.05) is 34.4 Å². The van der Waals surface area contributed by atoms with E-state index in [1.54, 1.807) is 14.2 Å². The van der Waals surface area contributed by atoms with Crippen molar-refractivity contribution in [2.45, 2.75) is 5.92 Å². The summed E-state index contributed by atoms with van der Waals surface area (Å²) < 4.78 is 15.4. The first-order valence-corrected chi connectivity index (χ1v) is 6.21. The van der Waals surface area contributed by atoms with Crippen LogP contribution in [0.3, 0.4) is 0 Å². The molecule has 1 aliphatic heterocycles. The summed E-state index contributed by atoms with van der Waals surface area (Å²) in [6, 6.07) is 5.66. The molecule has 1 heterocycles. The Bertz CT molecular complexity index is 461. The Kier molecular flexibility index (Phi) is 4.27. The maximum absolute atomic E-state index is 11.8. The summed E-state index contributed by atoms with van der Waals surface area (Å²) in [5.74, 6) is 1.18. The summed E-state index contributed by atoms with van der Waals surface area (Å²) in [7, 11) is 4.65. The fourth-order valence-corrected chi connectivity index (χ4v) is 2.53. The van der Waals surface area contributed by atoms with Crippen LogP contribution in [0.2, 0.25) is 0 Å². The van der Waals surface area contributed by atoms with E-state index in [1.165, 1.54) is 7.11 Å². The number of carbonyl (C=O) groups excluding carboxylic acids is 1. The first-order valence-electron chi connectivity index (χ1n) is 6.21. The second-order valence-corrected chi connectivity index (χ2v) is 4.50. The van der Waals surface area contributed by atoms with Crippen LogP contribution in [0.15, 0.2) is 18.2 Å². The number of benzene rings is 1. The molecule has 0 aliphatic carbocycles. The van der Waals surface area contributed by atoms with E-state index in [-0.39, 0.29) is 17.8 Å². The van der Waals surface area contributed by atoms with Gasteiger partial charge in [-0.05, 0) is 11.6 Å². The molecule has 5 nitrogen and oxygen atoms in total. The van der Waals surface area contributed by atoms with Crippen molar-refractivity contribution < 1.29 is 19.0 Å². The smallest absolute Gasteiger partial charge is 0.310 e. The molecule has 1 aromatic carbocycles. The maximum Gasteiger partial charge on any atom is 0.310 e. The largest absolute Gasteiger partial charge is 0.497 e. The first kappa shape index (κ1) is 13.7. The predicted octanol–water partition coefficient (Wildman–Crippen LogP) is 1.18. The average molecular weight is 265 g/mol. The minimum atomic E-state index is -0.187. The summed E-state index contributed by atoms with van der Waals surface area (Å²) in [4.78, 5) is 11.8. The third-order valence-electron chi connectivity index (χ3n) is 3.56. The molecule has 1 saturated heterocycles. The van der Waals surface area contributed by atoms with Gasteiger partial charge in [0.15, 0.2) is 0 Å². The van der Waals surface area contributed by atoms with Crippen LogP contribution in [0, 0.1) is 5.92 Å². The highest BCUT2D eigenvalue weighted by Crippen LogP contribution is 2.36. The number of hydrogen-bond donors (Lipinski definition) is 1. The van der Waals surface area contributed by atoms with Crippen LogP contribution in [0.4, 0.5) is 0 Å².